The number of hydrogen-bond acceptors (Lipinski definition) is 5. The molecule has 29 heavy (non-hydrogen) atoms. The van der Waals surface area contributed by atoms with E-state index in [9.17, 15) is 4.79 Å². The van der Waals surface area contributed by atoms with Crippen molar-refractivity contribution in [3.05, 3.63) is 77.9 Å². The number of carbonyl (C=O) groups is 1. The van der Waals surface area contributed by atoms with Gasteiger partial charge in [0.1, 0.15) is 18.2 Å². The minimum absolute atomic E-state index is 0.0673. The third kappa shape index (κ3) is 3.47. The summed E-state index contributed by atoms with van der Waals surface area (Å²) in [4.78, 5) is 23.4. The molecular weight excluding hydrogens is 364 g/mol. The molecule has 0 saturated heterocycles. The van der Waals surface area contributed by atoms with Crippen LogP contribution in [0.25, 0.3) is 11.1 Å². The average molecular weight is 386 g/mol. The van der Waals surface area contributed by atoms with Gasteiger partial charge in [0.2, 0.25) is 0 Å². The SMILES string of the molecule is NC1(c2ccc(-c3ccc4c(c3)C(=O)N(Cc3ncccn3)CCO4)cc2)CC1. The van der Waals surface area contributed by atoms with Crippen LogP contribution in [0.15, 0.2) is 60.9 Å². The van der Waals surface area contributed by atoms with Crippen molar-refractivity contribution in [1.82, 2.24) is 14.9 Å². The van der Waals surface area contributed by atoms with Crippen molar-refractivity contribution in [1.29, 1.82) is 0 Å². The van der Waals surface area contributed by atoms with E-state index in [-0.39, 0.29) is 11.4 Å². The molecule has 2 heterocycles. The largest absolute Gasteiger partial charge is 0.491 e. The van der Waals surface area contributed by atoms with E-state index in [0.29, 0.717) is 36.8 Å². The smallest absolute Gasteiger partial charge is 0.258 e. The van der Waals surface area contributed by atoms with Gasteiger partial charge in [-0.3, -0.25) is 4.79 Å². The van der Waals surface area contributed by atoms with Crippen LogP contribution in [0, 0.1) is 0 Å². The molecule has 0 spiro atoms. The molecule has 146 valence electrons. The molecule has 1 aromatic heterocycles. The lowest BCUT2D eigenvalue weighted by molar-refractivity contribution is 0.0738. The third-order valence-corrected chi connectivity index (χ3v) is 5.65. The Bertz CT molecular complexity index is 1050. The molecule has 2 aromatic carbocycles. The lowest BCUT2D eigenvalue weighted by Gasteiger charge is -2.19. The molecule has 1 aliphatic carbocycles. The summed E-state index contributed by atoms with van der Waals surface area (Å²) in [6.45, 7) is 1.30. The van der Waals surface area contributed by atoms with Gasteiger partial charge in [0.15, 0.2) is 0 Å². The van der Waals surface area contributed by atoms with Gasteiger partial charge in [-0.15, -0.1) is 0 Å². The maximum Gasteiger partial charge on any atom is 0.258 e. The van der Waals surface area contributed by atoms with Crippen LogP contribution < -0.4 is 10.5 Å². The van der Waals surface area contributed by atoms with Crippen LogP contribution >= 0.6 is 0 Å². The monoisotopic (exact) mass is 386 g/mol. The second-order valence-electron chi connectivity index (χ2n) is 7.68. The minimum Gasteiger partial charge on any atom is -0.491 e. The van der Waals surface area contributed by atoms with E-state index in [4.69, 9.17) is 10.5 Å². The lowest BCUT2D eigenvalue weighted by Crippen LogP contribution is -2.32. The van der Waals surface area contributed by atoms with Crippen molar-refractivity contribution >= 4 is 5.91 Å². The highest BCUT2D eigenvalue weighted by Crippen LogP contribution is 2.43. The number of benzene rings is 2. The minimum atomic E-state index is -0.143. The molecule has 0 atom stereocenters. The average Bonchev–Trinajstić information content (AvgIpc) is 3.54. The van der Waals surface area contributed by atoms with Crippen molar-refractivity contribution in [2.45, 2.75) is 24.9 Å². The lowest BCUT2D eigenvalue weighted by atomic mass is 9.98. The Balaban J connectivity index is 1.43. The fourth-order valence-electron chi connectivity index (χ4n) is 3.69. The van der Waals surface area contributed by atoms with Gasteiger partial charge in [0.25, 0.3) is 5.91 Å². The first-order chi connectivity index (χ1) is 14.1. The van der Waals surface area contributed by atoms with E-state index in [1.807, 2.05) is 18.2 Å². The molecule has 0 bridgehead atoms. The first-order valence-electron chi connectivity index (χ1n) is 9.84. The fourth-order valence-corrected chi connectivity index (χ4v) is 3.69. The standard InChI is InChI=1S/C23H22N4O2/c24-23(8-9-23)18-5-2-16(3-6-18)17-4-7-20-19(14-17)22(28)27(12-13-29-20)15-21-25-10-1-11-26-21/h1-7,10-11,14H,8-9,12-13,15,24H2. The zero-order chi connectivity index (χ0) is 19.8. The summed E-state index contributed by atoms with van der Waals surface area (Å²) in [5, 5.41) is 0. The van der Waals surface area contributed by atoms with Crippen LogP contribution in [0.2, 0.25) is 0 Å². The van der Waals surface area contributed by atoms with Crippen molar-refractivity contribution in [3.63, 3.8) is 0 Å². The number of carbonyl (C=O) groups excluding carboxylic acids is 1. The van der Waals surface area contributed by atoms with Gasteiger partial charge in [0.05, 0.1) is 18.7 Å². The molecule has 6 heteroatoms. The fraction of sp³-hybridized carbons (Fsp3) is 0.261. The number of amides is 1. The molecule has 2 aliphatic rings. The highest BCUT2D eigenvalue weighted by Gasteiger charge is 2.39. The predicted octanol–water partition coefficient (Wildman–Crippen LogP) is 3.13. The van der Waals surface area contributed by atoms with Crippen molar-refractivity contribution in [2.24, 2.45) is 5.73 Å². The van der Waals surface area contributed by atoms with Crippen LogP contribution in [0.3, 0.4) is 0 Å². The van der Waals surface area contributed by atoms with E-state index in [1.165, 1.54) is 5.56 Å². The van der Waals surface area contributed by atoms with E-state index >= 15 is 0 Å². The summed E-state index contributed by atoms with van der Waals surface area (Å²) in [7, 11) is 0. The predicted molar refractivity (Wildman–Crippen MR) is 109 cm³/mol. The second-order valence-corrected chi connectivity index (χ2v) is 7.68. The Kier molecular flexibility index (Phi) is 4.28. The number of rotatable bonds is 4. The van der Waals surface area contributed by atoms with E-state index in [2.05, 4.69) is 34.2 Å². The Labute approximate surface area is 169 Å². The number of nitrogens with zero attached hydrogens (tertiary/aromatic N) is 3. The molecule has 2 N–H and O–H groups in total. The summed E-state index contributed by atoms with van der Waals surface area (Å²) in [6.07, 6.45) is 5.45. The summed E-state index contributed by atoms with van der Waals surface area (Å²) in [6, 6.07) is 15.9. The third-order valence-electron chi connectivity index (χ3n) is 5.65. The first kappa shape index (κ1) is 17.8. The molecule has 3 aromatic rings. The van der Waals surface area contributed by atoms with Gasteiger partial charge >= 0.3 is 0 Å². The van der Waals surface area contributed by atoms with Gasteiger partial charge in [-0.1, -0.05) is 30.3 Å². The number of aromatic nitrogens is 2. The molecule has 0 radical (unpaired) electrons. The maximum absolute atomic E-state index is 13.2. The number of ether oxygens (including phenoxy) is 1. The first-order valence-corrected chi connectivity index (χ1v) is 9.84. The van der Waals surface area contributed by atoms with E-state index < -0.39 is 0 Å². The molecule has 1 aliphatic heterocycles. The Morgan fingerprint density at radius 1 is 1.03 bits per heavy atom. The highest BCUT2D eigenvalue weighted by atomic mass is 16.5. The summed E-state index contributed by atoms with van der Waals surface area (Å²) in [5.74, 6) is 1.17. The number of hydrogen-bond donors (Lipinski definition) is 1. The van der Waals surface area contributed by atoms with E-state index in [1.54, 1.807) is 23.4 Å². The molecule has 1 saturated carbocycles. The summed E-state index contributed by atoms with van der Waals surface area (Å²) >= 11 is 0. The zero-order valence-corrected chi connectivity index (χ0v) is 16.0. The van der Waals surface area contributed by atoms with Gasteiger partial charge in [-0.25, -0.2) is 9.97 Å². The van der Waals surface area contributed by atoms with Gasteiger partial charge in [-0.2, -0.15) is 0 Å². The highest BCUT2D eigenvalue weighted by molar-refractivity contribution is 5.98. The zero-order valence-electron chi connectivity index (χ0n) is 16.0. The van der Waals surface area contributed by atoms with Gasteiger partial charge < -0.3 is 15.4 Å². The molecule has 1 fully saturated rings. The Morgan fingerprint density at radius 2 is 1.76 bits per heavy atom. The van der Waals surface area contributed by atoms with E-state index in [0.717, 1.165) is 24.0 Å². The molecular formula is C23H22N4O2. The van der Waals surface area contributed by atoms with Crippen molar-refractivity contribution in [3.8, 4) is 16.9 Å². The summed E-state index contributed by atoms with van der Waals surface area (Å²) in [5.41, 5.74) is 9.91. The molecule has 1 amide bonds. The topological polar surface area (TPSA) is 81.3 Å². The van der Waals surface area contributed by atoms with Crippen LogP contribution in [-0.4, -0.2) is 33.9 Å². The van der Waals surface area contributed by atoms with Crippen LogP contribution in [0.4, 0.5) is 0 Å². The molecule has 5 rings (SSSR count). The Morgan fingerprint density at radius 3 is 2.48 bits per heavy atom. The van der Waals surface area contributed by atoms with Crippen molar-refractivity contribution < 1.29 is 9.53 Å². The second kappa shape index (κ2) is 6.97. The number of fused-ring (bicyclic) bond motifs is 1. The summed E-state index contributed by atoms with van der Waals surface area (Å²) < 4.78 is 5.83. The van der Waals surface area contributed by atoms with Crippen LogP contribution in [0.5, 0.6) is 5.75 Å². The number of nitrogens with two attached hydrogens (primary N) is 1. The Hall–Kier alpha value is -3.25. The normalized spacial score (nSPS) is 17.3. The molecule has 0 unspecified atom stereocenters. The van der Waals surface area contributed by atoms with Crippen LogP contribution in [-0.2, 0) is 12.1 Å². The van der Waals surface area contributed by atoms with Gasteiger partial charge in [0, 0.05) is 17.9 Å². The van der Waals surface area contributed by atoms with Gasteiger partial charge in [-0.05, 0) is 47.7 Å². The van der Waals surface area contributed by atoms with Crippen molar-refractivity contribution in [2.75, 3.05) is 13.2 Å². The van der Waals surface area contributed by atoms with Crippen LogP contribution in [0.1, 0.15) is 34.6 Å². The quantitative estimate of drug-likeness (QED) is 0.745. The maximum atomic E-state index is 13.2. The molecule has 6 nitrogen and oxygen atoms in total.